The van der Waals surface area contributed by atoms with Gasteiger partial charge >= 0.3 is 0 Å². The fourth-order valence-electron chi connectivity index (χ4n) is 2.30. The molecule has 63 valence electrons. The second kappa shape index (κ2) is 2.76. The Hall–Kier alpha value is -0.0800. The minimum absolute atomic E-state index is 0.583. The van der Waals surface area contributed by atoms with Gasteiger partial charge in [-0.2, -0.15) is 0 Å². The van der Waals surface area contributed by atoms with Gasteiger partial charge in [-0.05, 0) is 51.4 Å². The number of rotatable bonds is 0. The Kier molecular flexibility index (Phi) is 1.90. The number of piperidine rings is 1. The van der Waals surface area contributed by atoms with Gasteiger partial charge in [0.05, 0.1) is 0 Å². The lowest BCUT2D eigenvalue weighted by Gasteiger charge is -2.33. The summed E-state index contributed by atoms with van der Waals surface area (Å²) >= 11 is 0. The maximum atomic E-state index is 3.41. The van der Waals surface area contributed by atoms with E-state index in [-0.39, 0.29) is 0 Å². The summed E-state index contributed by atoms with van der Waals surface area (Å²) in [5.41, 5.74) is 0.583. The SMILES string of the molecule is CN1[CH]C2(CCNCC2)CC1. The molecule has 2 rings (SSSR count). The van der Waals surface area contributed by atoms with Crippen molar-refractivity contribution in [2.75, 3.05) is 26.7 Å². The number of hydrogen-bond acceptors (Lipinski definition) is 2. The molecular formula is C9H17N2. The average molecular weight is 153 g/mol. The van der Waals surface area contributed by atoms with Crippen molar-refractivity contribution in [2.24, 2.45) is 5.41 Å². The molecule has 2 aliphatic rings. The first-order chi connectivity index (χ1) is 5.31. The molecule has 11 heavy (non-hydrogen) atoms. The molecule has 0 aliphatic carbocycles. The van der Waals surface area contributed by atoms with Gasteiger partial charge in [0.1, 0.15) is 0 Å². The molecule has 2 heterocycles. The Balaban J connectivity index is 1.98. The van der Waals surface area contributed by atoms with Crippen molar-refractivity contribution in [3.05, 3.63) is 6.54 Å². The van der Waals surface area contributed by atoms with E-state index < -0.39 is 0 Å². The fraction of sp³-hybridized carbons (Fsp3) is 0.889. The Morgan fingerprint density at radius 1 is 1.27 bits per heavy atom. The van der Waals surface area contributed by atoms with Crippen molar-refractivity contribution in [3.63, 3.8) is 0 Å². The Labute approximate surface area is 69.0 Å². The molecule has 2 heteroatoms. The highest BCUT2D eigenvalue weighted by molar-refractivity contribution is 4.99. The van der Waals surface area contributed by atoms with E-state index in [1.165, 1.54) is 38.9 Å². The van der Waals surface area contributed by atoms with E-state index >= 15 is 0 Å². The molecule has 2 fully saturated rings. The van der Waals surface area contributed by atoms with Crippen LogP contribution in [0.2, 0.25) is 0 Å². The maximum absolute atomic E-state index is 3.41. The molecule has 0 aromatic heterocycles. The van der Waals surface area contributed by atoms with E-state index in [1.807, 2.05) is 0 Å². The largest absolute Gasteiger partial charge is 0.317 e. The third-order valence-corrected chi connectivity index (χ3v) is 3.06. The van der Waals surface area contributed by atoms with Crippen LogP contribution < -0.4 is 5.32 Å². The highest BCUT2D eigenvalue weighted by Crippen LogP contribution is 2.40. The maximum Gasteiger partial charge on any atom is 0.0311 e. The lowest BCUT2D eigenvalue weighted by Crippen LogP contribution is -2.35. The van der Waals surface area contributed by atoms with Gasteiger partial charge in [0, 0.05) is 6.54 Å². The predicted molar refractivity (Wildman–Crippen MR) is 46.1 cm³/mol. The van der Waals surface area contributed by atoms with Crippen molar-refractivity contribution in [3.8, 4) is 0 Å². The summed E-state index contributed by atoms with van der Waals surface area (Å²) < 4.78 is 0. The first-order valence-corrected chi connectivity index (χ1v) is 4.58. The zero-order valence-corrected chi connectivity index (χ0v) is 7.27. The number of likely N-dealkylation sites (tertiary alicyclic amines) is 1. The van der Waals surface area contributed by atoms with Crippen molar-refractivity contribution in [2.45, 2.75) is 19.3 Å². The molecule has 0 saturated carbocycles. The van der Waals surface area contributed by atoms with Gasteiger partial charge in [-0.15, -0.1) is 0 Å². The van der Waals surface area contributed by atoms with Crippen LogP contribution in [0.3, 0.4) is 0 Å². The average Bonchev–Trinajstić information content (AvgIpc) is 2.34. The molecule has 0 atom stereocenters. The smallest absolute Gasteiger partial charge is 0.0311 e. The van der Waals surface area contributed by atoms with Crippen LogP contribution in [0.1, 0.15) is 19.3 Å². The second-order valence-electron chi connectivity index (χ2n) is 3.97. The van der Waals surface area contributed by atoms with Gasteiger partial charge in [0.2, 0.25) is 0 Å². The van der Waals surface area contributed by atoms with Crippen molar-refractivity contribution < 1.29 is 0 Å². The summed E-state index contributed by atoms with van der Waals surface area (Å²) in [6.07, 6.45) is 4.07. The zero-order chi connectivity index (χ0) is 7.73. The number of hydrogen-bond donors (Lipinski definition) is 1. The van der Waals surface area contributed by atoms with Gasteiger partial charge in [-0.25, -0.2) is 0 Å². The van der Waals surface area contributed by atoms with Crippen LogP contribution in [-0.4, -0.2) is 31.6 Å². The molecule has 0 unspecified atom stereocenters. The van der Waals surface area contributed by atoms with Crippen molar-refractivity contribution in [1.29, 1.82) is 0 Å². The summed E-state index contributed by atoms with van der Waals surface area (Å²) in [5, 5.41) is 3.41. The zero-order valence-electron chi connectivity index (χ0n) is 7.27. The Morgan fingerprint density at radius 2 is 2.00 bits per heavy atom. The minimum atomic E-state index is 0.583. The summed E-state index contributed by atoms with van der Waals surface area (Å²) in [6, 6.07) is 0. The van der Waals surface area contributed by atoms with Gasteiger partial charge in [-0.1, -0.05) is 0 Å². The van der Waals surface area contributed by atoms with Crippen LogP contribution in [0.5, 0.6) is 0 Å². The summed E-state index contributed by atoms with van der Waals surface area (Å²) in [7, 11) is 2.19. The van der Waals surface area contributed by atoms with Crippen LogP contribution in [0.25, 0.3) is 0 Å². The quantitative estimate of drug-likeness (QED) is 0.555. The van der Waals surface area contributed by atoms with Crippen LogP contribution in [0.4, 0.5) is 0 Å². The topological polar surface area (TPSA) is 15.3 Å². The predicted octanol–water partition coefficient (Wildman–Crippen LogP) is 0.853. The monoisotopic (exact) mass is 153 g/mol. The Morgan fingerprint density at radius 3 is 2.55 bits per heavy atom. The van der Waals surface area contributed by atoms with E-state index in [0.717, 1.165) is 0 Å². The van der Waals surface area contributed by atoms with Crippen LogP contribution in [0.15, 0.2) is 0 Å². The van der Waals surface area contributed by atoms with Gasteiger partial charge in [0.15, 0.2) is 0 Å². The third kappa shape index (κ3) is 1.42. The lowest BCUT2D eigenvalue weighted by molar-refractivity contribution is 0.250. The minimum Gasteiger partial charge on any atom is -0.317 e. The van der Waals surface area contributed by atoms with E-state index in [4.69, 9.17) is 0 Å². The summed E-state index contributed by atoms with van der Waals surface area (Å²) in [4.78, 5) is 2.35. The molecule has 2 saturated heterocycles. The van der Waals surface area contributed by atoms with Crippen molar-refractivity contribution >= 4 is 0 Å². The number of nitrogens with one attached hydrogen (secondary N) is 1. The van der Waals surface area contributed by atoms with E-state index in [0.29, 0.717) is 5.41 Å². The normalized spacial score (nSPS) is 31.4. The molecule has 2 nitrogen and oxygen atoms in total. The molecule has 1 radical (unpaired) electrons. The van der Waals surface area contributed by atoms with Crippen LogP contribution in [0, 0.1) is 12.0 Å². The fourth-order valence-corrected chi connectivity index (χ4v) is 2.30. The first-order valence-electron chi connectivity index (χ1n) is 4.58. The van der Waals surface area contributed by atoms with Gasteiger partial charge < -0.3 is 10.2 Å². The molecule has 0 amide bonds. The van der Waals surface area contributed by atoms with Crippen LogP contribution >= 0.6 is 0 Å². The Bertz CT molecular complexity index is 133. The summed E-state index contributed by atoms with van der Waals surface area (Å²) in [5.74, 6) is 0. The molecule has 2 aliphatic heterocycles. The second-order valence-corrected chi connectivity index (χ2v) is 3.97. The van der Waals surface area contributed by atoms with E-state index in [2.05, 4.69) is 23.8 Å². The van der Waals surface area contributed by atoms with Crippen molar-refractivity contribution in [1.82, 2.24) is 10.2 Å². The molecule has 1 spiro atoms. The van der Waals surface area contributed by atoms with Crippen LogP contribution in [-0.2, 0) is 0 Å². The van der Waals surface area contributed by atoms with Gasteiger partial charge in [0.25, 0.3) is 0 Å². The van der Waals surface area contributed by atoms with Gasteiger partial charge in [-0.3, -0.25) is 0 Å². The third-order valence-electron chi connectivity index (χ3n) is 3.06. The standard InChI is InChI=1S/C9H17N2/c1-11-7-4-9(8-11)2-5-10-6-3-9/h8,10H,2-7H2,1H3. The molecule has 0 aromatic carbocycles. The number of nitrogens with zero attached hydrogens (tertiary/aromatic N) is 1. The highest BCUT2D eigenvalue weighted by atomic mass is 15.1. The lowest BCUT2D eigenvalue weighted by atomic mass is 9.78. The molecule has 1 N–H and O–H groups in total. The molecule has 0 bridgehead atoms. The highest BCUT2D eigenvalue weighted by Gasteiger charge is 2.37. The first kappa shape index (κ1) is 7.56. The van der Waals surface area contributed by atoms with E-state index in [9.17, 15) is 0 Å². The molecule has 0 aromatic rings. The van der Waals surface area contributed by atoms with E-state index in [1.54, 1.807) is 0 Å². The molecular weight excluding hydrogens is 136 g/mol. The summed E-state index contributed by atoms with van der Waals surface area (Å²) in [6.45, 7) is 6.14.